The third-order valence-corrected chi connectivity index (χ3v) is 6.61. The summed E-state index contributed by atoms with van der Waals surface area (Å²) in [7, 11) is 1.66. The minimum Gasteiger partial charge on any atom is -0.489 e. The number of fused-ring (bicyclic) bond motifs is 3. The molecule has 0 bridgehead atoms. The number of ether oxygens (including phenoxy) is 5. The van der Waals surface area contributed by atoms with E-state index in [2.05, 4.69) is 15.6 Å². The number of aromatic nitrogens is 1. The van der Waals surface area contributed by atoms with Crippen LogP contribution < -0.4 is 29.6 Å². The van der Waals surface area contributed by atoms with Crippen molar-refractivity contribution < 1.29 is 28.5 Å². The first-order valence-electron chi connectivity index (χ1n) is 12.5. The lowest BCUT2D eigenvalue weighted by molar-refractivity contribution is 0.154. The number of methoxy groups -OCH3 is 1. The van der Waals surface area contributed by atoms with Crippen molar-refractivity contribution in [2.45, 2.75) is 38.1 Å². The highest BCUT2D eigenvalue weighted by Gasteiger charge is 2.25. The van der Waals surface area contributed by atoms with E-state index in [0.717, 1.165) is 32.1 Å². The molecule has 0 unspecified atom stereocenters. The van der Waals surface area contributed by atoms with Crippen LogP contribution in [-0.4, -0.2) is 50.6 Å². The molecule has 3 aromatic rings. The summed E-state index contributed by atoms with van der Waals surface area (Å²) in [5, 5.41) is 6.86. The second-order valence-corrected chi connectivity index (χ2v) is 9.36. The highest BCUT2D eigenvalue weighted by atomic mass is 35.5. The van der Waals surface area contributed by atoms with Gasteiger partial charge in [-0.3, -0.25) is 4.98 Å². The molecule has 0 spiro atoms. The first-order valence-corrected chi connectivity index (χ1v) is 12.9. The summed E-state index contributed by atoms with van der Waals surface area (Å²) < 4.78 is 29.2. The Morgan fingerprint density at radius 3 is 2.68 bits per heavy atom. The van der Waals surface area contributed by atoms with Crippen molar-refractivity contribution in [2.24, 2.45) is 0 Å². The van der Waals surface area contributed by atoms with Crippen LogP contribution in [-0.2, 0) is 4.74 Å². The number of amides is 2. The number of anilines is 1. The molecule has 1 aliphatic heterocycles. The molecular formula is C27H30ClN3O6. The summed E-state index contributed by atoms with van der Waals surface area (Å²) in [4.78, 5) is 16.8. The second kappa shape index (κ2) is 11.7. The minimum absolute atomic E-state index is 0.217. The van der Waals surface area contributed by atoms with E-state index in [4.69, 9.17) is 35.3 Å². The van der Waals surface area contributed by atoms with Gasteiger partial charge >= 0.3 is 6.03 Å². The number of hydrogen-bond donors (Lipinski definition) is 2. The molecule has 10 heteroatoms. The predicted molar refractivity (Wildman–Crippen MR) is 141 cm³/mol. The topological polar surface area (TPSA) is 100 Å². The average Bonchev–Trinajstić information content (AvgIpc) is 3.41. The van der Waals surface area contributed by atoms with Crippen molar-refractivity contribution in [2.75, 3.05) is 38.9 Å². The van der Waals surface area contributed by atoms with Gasteiger partial charge in [0.25, 0.3) is 0 Å². The molecule has 1 aromatic heterocycles. The van der Waals surface area contributed by atoms with Gasteiger partial charge < -0.3 is 34.3 Å². The van der Waals surface area contributed by atoms with Crippen LogP contribution in [0.4, 0.5) is 10.5 Å². The molecule has 2 amide bonds. The molecule has 0 atom stereocenters. The van der Waals surface area contributed by atoms with Gasteiger partial charge in [0.15, 0.2) is 11.5 Å². The normalized spacial score (nSPS) is 15.0. The van der Waals surface area contributed by atoms with E-state index < -0.39 is 0 Å². The number of hydrogen-bond acceptors (Lipinski definition) is 7. The van der Waals surface area contributed by atoms with Gasteiger partial charge in [0.05, 0.1) is 28.2 Å². The van der Waals surface area contributed by atoms with E-state index in [-0.39, 0.29) is 12.1 Å². The second-order valence-electron chi connectivity index (χ2n) is 8.95. The number of nitrogens with zero attached hydrogens (tertiary/aromatic N) is 1. The van der Waals surface area contributed by atoms with Crippen LogP contribution >= 0.6 is 11.6 Å². The van der Waals surface area contributed by atoms with Gasteiger partial charge in [-0.1, -0.05) is 24.4 Å². The Morgan fingerprint density at radius 2 is 1.89 bits per heavy atom. The van der Waals surface area contributed by atoms with Crippen molar-refractivity contribution in [3.8, 4) is 28.7 Å². The Labute approximate surface area is 220 Å². The zero-order valence-electron chi connectivity index (χ0n) is 20.7. The SMILES string of the molecule is COCCCOc1cc2nccc(Oc3ccc(NC(=O)NC4CCCC4)c(Cl)c3)c2c2c1OCCO2. The number of pyridine rings is 1. The molecule has 2 aromatic carbocycles. The number of urea groups is 1. The summed E-state index contributed by atoms with van der Waals surface area (Å²) in [6.07, 6.45) is 6.71. The number of benzene rings is 2. The summed E-state index contributed by atoms with van der Waals surface area (Å²) in [5.74, 6) is 2.66. The zero-order valence-corrected chi connectivity index (χ0v) is 21.4. The van der Waals surface area contributed by atoms with Gasteiger partial charge in [-0.25, -0.2) is 4.79 Å². The fourth-order valence-electron chi connectivity index (χ4n) is 4.55. The van der Waals surface area contributed by atoms with Crippen LogP contribution in [0, 0.1) is 0 Å². The van der Waals surface area contributed by atoms with Crippen LogP contribution in [0.1, 0.15) is 32.1 Å². The van der Waals surface area contributed by atoms with Crippen molar-refractivity contribution in [3.05, 3.63) is 41.6 Å². The Morgan fingerprint density at radius 1 is 1.08 bits per heavy atom. The molecule has 37 heavy (non-hydrogen) atoms. The summed E-state index contributed by atoms with van der Waals surface area (Å²) in [6, 6.07) is 8.67. The Balaban J connectivity index is 1.36. The van der Waals surface area contributed by atoms with Crippen molar-refractivity contribution in [1.29, 1.82) is 0 Å². The van der Waals surface area contributed by atoms with E-state index in [1.54, 1.807) is 37.6 Å². The number of carbonyl (C=O) groups is 1. The van der Waals surface area contributed by atoms with Gasteiger partial charge in [-0.2, -0.15) is 0 Å². The van der Waals surface area contributed by atoms with Crippen LogP contribution in [0.2, 0.25) is 5.02 Å². The van der Waals surface area contributed by atoms with E-state index in [0.29, 0.717) is 76.8 Å². The summed E-state index contributed by atoms with van der Waals surface area (Å²) >= 11 is 6.48. The molecule has 196 valence electrons. The largest absolute Gasteiger partial charge is 0.489 e. The lowest BCUT2D eigenvalue weighted by Crippen LogP contribution is -2.36. The molecule has 9 nitrogen and oxygen atoms in total. The van der Waals surface area contributed by atoms with Crippen LogP contribution in [0.3, 0.4) is 0 Å². The number of halogens is 1. The minimum atomic E-state index is -0.258. The molecule has 2 aliphatic rings. The van der Waals surface area contributed by atoms with Gasteiger partial charge in [0, 0.05) is 44.5 Å². The lowest BCUT2D eigenvalue weighted by Gasteiger charge is -2.23. The van der Waals surface area contributed by atoms with Gasteiger partial charge in [0.2, 0.25) is 5.75 Å². The number of rotatable bonds is 9. The Kier molecular flexibility index (Phi) is 8.01. The van der Waals surface area contributed by atoms with E-state index >= 15 is 0 Å². The van der Waals surface area contributed by atoms with Gasteiger partial charge in [-0.15, -0.1) is 0 Å². The van der Waals surface area contributed by atoms with E-state index in [1.165, 1.54) is 0 Å². The van der Waals surface area contributed by atoms with Gasteiger partial charge in [0.1, 0.15) is 24.7 Å². The number of carbonyl (C=O) groups excluding carboxylic acids is 1. The van der Waals surface area contributed by atoms with Crippen LogP contribution in [0.5, 0.6) is 28.7 Å². The smallest absolute Gasteiger partial charge is 0.319 e. The van der Waals surface area contributed by atoms with Gasteiger partial charge in [-0.05, 0) is 31.0 Å². The Hall–Kier alpha value is -3.43. The maximum atomic E-state index is 12.3. The molecule has 2 heterocycles. The first-order chi connectivity index (χ1) is 18.1. The fraction of sp³-hybridized carbons (Fsp3) is 0.407. The third-order valence-electron chi connectivity index (χ3n) is 6.30. The van der Waals surface area contributed by atoms with Crippen LogP contribution in [0.25, 0.3) is 10.9 Å². The maximum Gasteiger partial charge on any atom is 0.319 e. The zero-order chi connectivity index (χ0) is 25.6. The fourth-order valence-corrected chi connectivity index (χ4v) is 4.77. The molecular weight excluding hydrogens is 498 g/mol. The quantitative estimate of drug-likeness (QED) is 0.332. The highest BCUT2D eigenvalue weighted by molar-refractivity contribution is 6.33. The van der Waals surface area contributed by atoms with Crippen molar-refractivity contribution in [1.82, 2.24) is 10.3 Å². The predicted octanol–water partition coefficient (Wildman–Crippen LogP) is 5.93. The average molecular weight is 528 g/mol. The Bertz CT molecular complexity index is 1260. The van der Waals surface area contributed by atoms with Crippen molar-refractivity contribution in [3.63, 3.8) is 0 Å². The molecule has 1 saturated carbocycles. The summed E-state index contributed by atoms with van der Waals surface area (Å²) in [5.41, 5.74) is 1.16. The first kappa shape index (κ1) is 25.2. The van der Waals surface area contributed by atoms with Crippen LogP contribution in [0.15, 0.2) is 36.5 Å². The van der Waals surface area contributed by atoms with E-state index in [9.17, 15) is 4.79 Å². The van der Waals surface area contributed by atoms with Crippen molar-refractivity contribution >= 4 is 34.2 Å². The van der Waals surface area contributed by atoms with E-state index in [1.807, 2.05) is 6.07 Å². The molecule has 5 rings (SSSR count). The molecule has 1 aliphatic carbocycles. The lowest BCUT2D eigenvalue weighted by atomic mass is 10.1. The monoisotopic (exact) mass is 527 g/mol. The highest BCUT2D eigenvalue weighted by Crippen LogP contribution is 2.48. The standard InChI is InChI=1S/C27H30ClN3O6/c1-33-11-4-12-34-23-16-21-24(26-25(23)35-13-14-36-26)22(9-10-29-21)37-18-7-8-20(19(28)15-18)31-27(32)30-17-5-2-3-6-17/h7-10,15-17H,2-6,11-14H2,1H3,(H2,30,31,32). The molecule has 0 radical (unpaired) electrons. The third kappa shape index (κ3) is 5.94. The molecule has 2 N–H and O–H groups in total. The summed E-state index contributed by atoms with van der Waals surface area (Å²) in [6.45, 7) is 1.90. The maximum absolute atomic E-state index is 12.3. The molecule has 0 saturated heterocycles. The number of nitrogens with one attached hydrogen (secondary N) is 2. The molecule has 1 fully saturated rings.